The Morgan fingerprint density at radius 1 is 1.22 bits per heavy atom. The van der Waals surface area contributed by atoms with Gasteiger partial charge in [-0.05, 0) is 43.5 Å². The standard InChI is InChI=1S/C27H35N3O2/c1-5-23-21(20-12-6-7-14-24(20)32-23)18-30-16-10-11-19(17-30)25(22-13-8-9-15-28-22)29-26(31)27(2,3)4/h6-9,12-15,19,25H,5,10-11,16-18H2,1-4H3,(H,29,31)/t19-,25-/m0/s1. The van der Waals surface area contributed by atoms with E-state index < -0.39 is 5.41 Å². The van der Waals surface area contributed by atoms with Crippen LogP contribution >= 0.6 is 0 Å². The number of nitrogens with zero attached hydrogens (tertiary/aromatic N) is 2. The summed E-state index contributed by atoms with van der Waals surface area (Å²) in [6.45, 7) is 10.9. The summed E-state index contributed by atoms with van der Waals surface area (Å²) in [6, 6.07) is 14.2. The van der Waals surface area contributed by atoms with Crippen molar-refractivity contribution >= 4 is 16.9 Å². The molecule has 0 aliphatic carbocycles. The van der Waals surface area contributed by atoms with Crippen LogP contribution < -0.4 is 5.32 Å². The predicted octanol–water partition coefficient (Wildman–Crippen LogP) is 5.51. The lowest BCUT2D eigenvalue weighted by molar-refractivity contribution is -0.130. The molecule has 1 saturated heterocycles. The molecule has 2 aromatic heterocycles. The molecule has 0 saturated carbocycles. The second-order valence-electron chi connectivity index (χ2n) is 9.95. The minimum Gasteiger partial charge on any atom is -0.461 e. The molecule has 2 atom stereocenters. The van der Waals surface area contributed by atoms with E-state index in [4.69, 9.17) is 4.42 Å². The van der Waals surface area contributed by atoms with Gasteiger partial charge in [-0.2, -0.15) is 0 Å². The number of rotatable bonds is 6. The highest BCUT2D eigenvalue weighted by atomic mass is 16.3. The molecule has 1 aliphatic rings. The van der Waals surface area contributed by atoms with Gasteiger partial charge in [-0.15, -0.1) is 0 Å². The zero-order valence-corrected chi connectivity index (χ0v) is 19.7. The van der Waals surface area contributed by atoms with Crippen molar-refractivity contribution in [3.05, 3.63) is 65.7 Å². The van der Waals surface area contributed by atoms with Crippen molar-refractivity contribution in [2.75, 3.05) is 13.1 Å². The topological polar surface area (TPSA) is 58.4 Å². The second-order valence-corrected chi connectivity index (χ2v) is 9.95. The molecule has 1 N–H and O–H groups in total. The van der Waals surface area contributed by atoms with Crippen LogP contribution in [0.5, 0.6) is 0 Å². The Morgan fingerprint density at radius 3 is 2.72 bits per heavy atom. The molecule has 5 heteroatoms. The lowest BCUT2D eigenvalue weighted by atomic mass is 9.86. The highest BCUT2D eigenvalue weighted by molar-refractivity contribution is 5.82. The van der Waals surface area contributed by atoms with E-state index in [0.717, 1.165) is 55.9 Å². The molecule has 0 bridgehead atoms. The summed E-state index contributed by atoms with van der Waals surface area (Å²) in [4.78, 5) is 20.0. The molecular formula is C27H35N3O2. The SMILES string of the molecule is CCc1oc2ccccc2c1CN1CCC[C@H]([C@H](NC(=O)C(C)(C)C)c2ccccn2)C1. The number of hydrogen-bond acceptors (Lipinski definition) is 4. The summed E-state index contributed by atoms with van der Waals surface area (Å²) in [7, 11) is 0. The fourth-order valence-electron chi connectivity index (χ4n) is 4.69. The lowest BCUT2D eigenvalue weighted by Gasteiger charge is -2.38. The van der Waals surface area contributed by atoms with Crippen molar-refractivity contribution in [2.24, 2.45) is 11.3 Å². The maximum atomic E-state index is 12.9. The molecule has 3 aromatic rings. The quantitative estimate of drug-likeness (QED) is 0.557. The number of hydrogen-bond donors (Lipinski definition) is 1. The smallest absolute Gasteiger partial charge is 0.225 e. The molecule has 0 spiro atoms. The van der Waals surface area contributed by atoms with Crippen LogP contribution in [0, 0.1) is 11.3 Å². The molecule has 3 heterocycles. The number of carbonyl (C=O) groups excluding carboxylic acids is 1. The molecule has 1 amide bonds. The first-order chi connectivity index (χ1) is 15.4. The Hall–Kier alpha value is -2.66. The number of likely N-dealkylation sites (tertiary alicyclic amines) is 1. The van der Waals surface area contributed by atoms with Crippen molar-refractivity contribution in [3.8, 4) is 0 Å². The first kappa shape index (κ1) is 22.5. The molecule has 1 fully saturated rings. The molecule has 170 valence electrons. The van der Waals surface area contributed by atoms with Crippen LogP contribution in [-0.2, 0) is 17.8 Å². The first-order valence-corrected chi connectivity index (χ1v) is 11.8. The van der Waals surface area contributed by atoms with E-state index >= 15 is 0 Å². The van der Waals surface area contributed by atoms with Gasteiger partial charge in [-0.1, -0.05) is 52.0 Å². The number of aryl methyl sites for hydroxylation is 1. The van der Waals surface area contributed by atoms with Gasteiger partial charge in [-0.25, -0.2) is 0 Å². The van der Waals surface area contributed by atoms with Gasteiger partial charge in [0.25, 0.3) is 0 Å². The van der Waals surface area contributed by atoms with E-state index in [1.807, 2.05) is 51.2 Å². The molecule has 4 rings (SSSR count). The Bertz CT molecular complexity index is 1050. The monoisotopic (exact) mass is 433 g/mol. The molecule has 5 nitrogen and oxygen atoms in total. The molecule has 1 aliphatic heterocycles. The van der Waals surface area contributed by atoms with Crippen LogP contribution in [0.3, 0.4) is 0 Å². The van der Waals surface area contributed by atoms with Crippen LogP contribution in [0.25, 0.3) is 11.0 Å². The number of pyridine rings is 1. The summed E-state index contributed by atoms with van der Waals surface area (Å²) < 4.78 is 6.13. The fourth-order valence-corrected chi connectivity index (χ4v) is 4.69. The van der Waals surface area contributed by atoms with Crippen molar-refractivity contribution in [1.82, 2.24) is 15.2 Å². The Labute approximate surface area is 191 Å². The zero-order valence-electron chi connectivity index (χ0n) is 19.7. The van der Waals surface area contributed by atoms with Gasteiger partial charge in [0.15, 0.2) is 0 Å². The molecule has 0 radical (unpaired) electrons. The number of amides is 1. The van der Waals surface area contributed by atoms with Crippen molar-refractivity contribution in [3.63, 3.8) is 0 Å². The first-order valence-electron chi connectivity index (χ1n) is 11.8. The van der Waals surface area contributed by atoms with E-state index in [9.17, 15) is 4.79 Å². The average Bonchev–Trinajstić information content (AvgIpc) is 3.15. The normalized spacial score (nSPS) is 18.6. The van der Waals surface area contributed by atoms with Crippen molar-refractivity contribution < 1.29 is 9.21 Å². The maximum absolute atomic E-state index is 12.9. The van der Waals surface area contributed by atoms with Gasteiger partial charge in [0.1, 0.15) is 11.3 Å². The summed E-state index contributed by atoms with van der Waals surface area (Å²) in [5.41, 5.74) is 2.78. The van der Waals surface area contributed by atoms with Crippen molar-refractivity contribution in [1.29, 1.82) is 0 Å². The number of piperidine rings is 1. The number of aromatic nitrogens is 1. The summed E-state index contributed by atoms with van der Waals surface area (Å²) in [5, 5.41) is 4.54. The van der Waals surface area contributed by atoms with Crippen LogP contribution in [0.1, 0.15) is 63.6 Å². The summed E-state index contributed by atoms with van der Waals surface area (Å²) >= 11 is 0. The number of carbonyl (C=O) groups is 1. The molecule has 0 unspecified atom stereocenters. The van der Waals surface area contributed by atoms with Gasteiger partial charge < -0.3 is 9.73 Å². The number of furan rings is 1. The number of para-hydroxylation sites is 1. The van der Waals surface area contributed by atoms with E-state index in [0.29, 0.717) is 5.92 Å². The lowest BCUT2D eigenvalue weighted by Crippen LogP contribution is -2.45. The highest BCUT2D eigenvalue weighted by Gasteiger charge is 2.33. The Morgan fingerprint density at radius 2 is 2.00 bits per heavy atom. The van der Waals surface area contributed by atoms with Gasteiger partial charge in [0.2, 0.25) is 5.91 Å². The number of fused-ring (bicyclic) bond motifs is 1. The summed E-state index contributed by atoms with van der Waals surface area (Å²) in [6.07, 6.45) is 4.89. The predicted molar refractivity (Wildman–Crippen MR) is 128 cm³/mol. The average molecular weight is 434 g/mol. The number of nitrogens with one attached hydrogen (secondary N) is 1. The van der Waals surface area contributed by atoms with Gasteiger partial charge in [-0.3, -0.25) is 14.7 Å². The molecular weight excluding hydrogens is 398 g/mol. The largest absolute Gasteiger partial charge is 0.461 e. The van der Waals surface area contributed by atoms with Crippen LogP contribution in [0.4, 0.5) is 0 Å². The minimum absolute atomic E-state index is 0.0689. The van der Waals surface area contributed by atoms with Gasteiger partial charge >= 0.3 is 0 Å². The van der Waals surface area contributed by atoms with Crippen LogP contribution in [0.2, 0.25) is 0 Å². The van der Waals surface area contributed by atoms with Crippen LogP contribution in [-0.4, -0.2) is 28.9 Å². The van der Waals surface area contributed by atoms with Crippen molar-refractivity contribution in [2.45, 2.75) is 59.5 Å². The third-order valence-electron chi connectivity index (χ3n) is 6.47. The second kappa shape index (κ2) is 9.45. The number of benzene rings is 1. The van der Waals surface area contributed by atoms with E-state index in [1.54, 1.807) is 0 Å². The third-order valence-corrected chi connectivity index (χ3v) is 6.47. The Balaban J connectivity index is 1.57. The Kier molecular flexibility index (Phi) is 6.66. The molecule has 1 aromatic carbocycles. The van der Waals surface area contributed by atoms with E-state index in [1.165, 1.54) is 10.9 Å². The maximum Gasteiger partial charge on any atom is 0.225 e. The molecule has 32 heavy (non-hydrogen) atoms. The third kappa shape index (κ3) is 4.88. The minimum atomic E-state index is -0.437. The van der Waals surface area contributed by atoms with E-state index in [-0.39, 0.29) is 11.9 Å². The van der Waals surface area contributed by atoms with Crippen LogP contribution in [0.15, 0.2) is 53.1 Å². The zero-order chi connectivity index (χ0) is 22.7. The summed E-state index contributed by atoms with van der Waals surface area (Å²) in [5.74, 6) is 1.46. The van der Waals surface area contributed by atoms with Gasteiger partial charge in [0.05, 0.1) is 11.7 Å². The fraction of sp³-hybridized carbons (Fsp3) is 0.481. The van der Waals surface area contributed by atoms with E-state index in [2.05, 4.69) is 40.3 Å². The highest BCUT2D eigenvalue weighted by Crippen LogP contribution is 2.33. The van der Waals surface area contributed by atoms with Gasteiger partial charge in [0, 0.05) is 42.1 Å².